The molecule has 4 nitrogen and oxygen atoms in total. The molecule has 0 bridgehead atoms. The van der Waals surface area contributed by atoms with E-state index >= 15 is 0 Å². The first-order chi connectivity index (χ1) is 9.76. The molecule has 0 saturated carbocycles. The first-order valence-corrected chi connectivity index (χ1v) is 8.06. The summed E-state index contributed by atoms with van der Waals surface area (Å²) in [6.45, 7) is 5.38. The summed E-state index contributed by atoms with van der Waals surface area (Å²) < 4.78 is 16.0. The molecule has 1 aromatic rings. The molecule has 5 heteroatoms. The lowest BCUT2D eigenvalue weighted by Crippen LogP contribution is -2.17. The van der Waals surface area contributed by atoms with E-state index < -0.39 is 0 Å². The quantitative estimate of drug-likeness (QED) is 0.531. The van der Waals surface area contributed by atoms with Gasteiger partial charge in [-0.2, -0.15) is 0 Å². The second-order valence-electron chi connectivity index (χ2n) is 4.25. The minimum atomic E-state index is 0.774. The van der Waals surface area contributed by atoms with Crippen molar-refractivity contribution in [2.24, 2.45) is 0 Å². The molecule has 1 N–H and O–H groups in total. The van der Waals surface area contributed by atoms with Crippen LogP contribution in [0.5, 0.6) is 11.5 Å². The molecular formula is C15H25NO3S. The highest BCUT2D eigenvalue weighted by Crippen LogP contribution is 2.34. The summed E-state index contributed by atoms with van der Waals surface area (Å²) >= 11 is 1.72. The van der Waals surface area contributed by atoms with Gasteiger partial charge in [0.15, 0.2) is 11.5 Å². The number of methoxy groups -OCH3 is 2. The van der Waals surface area contributed by atoms with Gasteiger partial charge in [0.05, 0.1) is 14.2 Å². The van der Waals surface area contributed by atoms with Gasteiger partial charge in [-0.15, -0.1) is 11.8 Å². The predicted molar refractivity (Wildman–Crippen MR) is 84.1 cm³/mol. The average molecular weight is 299 g/mol. The summed E-state index contributed by atoms with van der Waals surface area (Å²) in [5.74, 6) is 1.55. The molecule has 0 aliphatic carbocycles. The van der Waals surface area contributed by atoms with E-state index in [1.807, 2.05) is 19.1 Å². The Labute approximate surface area is 126 Å². The topological polar surface area (TPSA) is 39.7 Å². The number of ether oxygens (including phenoxy) is 3. The molecule has 114 valence electrons. The Kier molecular flexibility index (Phi) is 8.49. The Bertz CT molecular complexity index is 399. The van der Waals surface area contributed by atoms with Gasteiger partial charge < -0.3 is 19.5 Å². The van der Waals surface area contributed by atoms with Crippen LogP contribution >= 0.6 is 11.8 Å². The van der Waals surface area contributed by atoms with Crippen LogP contribution in [0.3, 0.4) is 0 Å². The number of thioether (sulfide) groups is 1. The van der Waals surface area contributed by atoms with Gasteiger partial charge in [-0.25, -0.2) is 0 Å². The maximum atomic E-state index is 5.35. The lowest BCUT2D eigenvalue weighted by Gasteiger charge is -2.14. The molecule has 0 aliphatic rings. The molecule has 0 amide bonds. The molecule has 0 aliphatic heterocycles. The van der Waals surface area contributed by atoms with Crippen molar-refractivity contribution in [3.05, 3.63) is 17.7 Å². The maximum Gasteiger partial charge on any atom is 0.161 e. The fourth-order valence-electron chi connectivity index (χ4n) is 1.90. The van der Waals surface area contributed by atoms with Crippen LogP contribution in [0.25, 0.3) is 0 Å². The first-order valence-electron chi connectivity index (χ1n) is 6.84. The van der Waals surface area contributed by atoms with Crippen LogP contribution in [0.15, 0.2) is 17.0 Å². The fourth-order valence-corrected chi connectivity index (χ4v) is 2.52. The van der Waals surface area contributed by atoms with Gasteiger partial charge in [0.1, 0.15) is 0 Å². The van der Waals surface area contributed by atoms with Crippen molar-refractivity contribution in [2.75, 3.05) is 40.2 Å². The predicted octanol–water partition coefficient (Wildman–Crippen LogP) is 2.94. The third-order valence-corrected chi connectivity index (χ3v) is 3.77. The van der Waals surface area contributed by atoms with Gasteiger partial charge in [0.25, 0.3) is 0 Å². The van der Waals surface area contributed by atoms with Gasteiger partial charge in [0, 0.05) is 24.7 Å². The van der Waals surface area contributed by atoms with Crippen LogP contribution in [-0.4, -0.2) is 40.2 Å². The molecule has 0 unspecified atom stereocenters. The molecule has 1 rings (SSSR count). The minimum absolute atomic E-state index is 0.774. The molecule has 0 spiro atoms. The van der Waals surface area contributed by atoms with E-state index in [-0.39, 0.29) is 0 Å². The highest BCUT2D eigenvalue weighted by Gasteiger charge is 2.10. The van der Waals surface area contributed by atoms with Gasteiger partial charge in [0.2, 0.25) is 0 Å². The third-order valence-electron chi connectivity index (χ3n) is 2.95. The van der Waals surface area contributed by atoms with Crippen molar-refractivity contribution in [3.63, 3.8) is 0 Å². The number of nitrogens with one attached hydrogen (secondary N) is 1. The minimum Gasteiger partial charge on any atom is -0.493 e. The highest BCUT2D eigenvalue weighted by molar-refractivity contribution is 7.98. The van der Waals surface area contributed by atoms with E-state index in [9.17, 15) is 0 Å². The molecule has 0 aromatic heterocycles. The number of rotatable bonds is 10. The van der Waals surface area contributed by atoms with Crippen molar-refractivity contribution in [1.82, 2.24) is 5.32 Å². The standard InChI is InChI=1S/C15H25NO3S/c1-5-19-8-6-7-16-11-12-9-13(17-2)14(18-3)10-15(12)20-4/h9-10,16H,5-8,11H2,1-4H3. The number of hydrogen-bond acceptors (Lipinski definition) is 5. The van der Waals surface area contributed by atoms with E-state index in [1.54, 1.807) is 26.0 Å². The zero-order valence-corrected chi connectivity index (χ0v) is 13.6. The summed E-state index contributed by atoms with van der Waals surface area (Å²) in [7, 11) is 3.32. The number of hydrogen-bond donors (Lipinski definition) is 1. The second kappa shape index (κ2) is 9.91. The van der Waals surface area contributed by atoms with Gasteiger partial charge in [-0.1, -0.05) is 0 Å². The van der Waals surface area contributed by atoms with E-state index in [0.29, 0.717) is 0 Å². The lowest BCUT2D eigenvalue weighted by molar-refractivity contribution is 0.144. The molecule has 0 fully saturated rings. The largest absolute Gasteiger partial charge is 0.493 e. The van der Waals surface area contributed by atoms with E-state index in [2.05, 4.69) is 11.6 Å². The van der Waals surface area contributed by atoms with E-state index in [0.717, 1.165) is 44.2 Å². The number of benzene rings is 1. The second-order valence-corrected chi connectivity index (χ2v) is 5.09. The molecular weight excluding hydrogens is 274 g/mol. The van der Waals surface area contributed by atoms with Crippen LogP contribution in [-0.2, 0) is 11.3 Å². The van der Waals surface area contributed by atoms with Gasteiger partial charge in [-0.3, -0.25) is 0 Å². The maximum absolute atomic E-state index is 5.35. The Hall–Kier alpha value is -0.910. The third kappa shape index (κ3) is 5.23. The Morgan fingerprint density at radius 2 is 1.85 bits per heavy atom. The van der Waals surface area contributed by atoms with Crippen molar-refractivity contribution in [2.45, 2.75) is 24.8 Å². The first kappa shape index (κ1) is 17.1. The normalized spacial score (nSPS) is 10.6. The molecule has 0 saturated heterocycles. The van der Waals surface area contributed by atoms with Crippen molar-refractivity contribution < 1.29 is 14.2 Å². The summed E-state index contributed by atoms with van der Waals surface area (Å²) in [5, 5.41) is 3.43. The molecule has 0 heterocycles. The zero-order valence-electron chi connectivity index (χ0n) is 12.8. The van der Waals surface area contributed by atoms with Gasteiger partial charge >= 0.3 is 0 Å². The van der Waals surface area contributed by atoms with Crippen LogP contribution in [0.1, 0.15) is 18.9 Å². The summed E-state index contributed by atoms with van der Waals surface area (Å²) in [4.78, 5) is 1.21. The smallest absolute Gasteiger partial charge is 0.161 e. The highest BCUT2D eigenvalue weighted by atomic mass is 32.2. The van der Waals surface area contributed by atoms with Crippen LogP contribution < -0.4 is 14.8 Å². The molecule has 0 atom stereocenters. The van der Waals surface area contributed by atoms with Crippen LogP contribution in [0.2, 0.25) is 0 Å². The van der Waals surface area contributed by atoms with E-state index in [1.165, 1.54) is 10.5 Å². The fraction of sp³-hybridized carbons (Fsp3) is 0.600. The molecule has 0 radical (unpaired) electrons. The Balaban J connectivity index is 2.59. The average Bonchev–Trinajstić information content (AvgIpc) is 2.49. The summed E-state index contributed by atoms with van der Waals surface area (Å²) in [6.07, 6.45) is 3.09. The SMILES string of the molecule is CCOCCCNCc1cc(OC)c(OC)cc1SC. The van der Waals surface area contributed by atoms with Crippen molar-refractivity contribution in [1.29, 1.82) is 0 Å². The molecule has 20 heavy (non-hydrogen) atoms. The Morgan fingerprint density at radius 1 is 1.15 bits per heavy atom. The van der Waals surface area contributed by atoms with E-state index in [4.69, 9.17) is 14.2 Å². The van der Waals surface area contributed by atoms with Crippen LogP contribution in [0.4, 0.5) is 0 Å². The van der Waals surface area contributed by atoms with Crippen molar-refractivity contribution >= 4 is 11.8 Å². The van der Waals surface area contributed by atoms with Gasteiger partial charge in [-0.05, 0) is 43.8 Å². The molecule has 1 aromatic carbocycles. The van der Waals surface area contributed by atoms with Crippen LogP contribution in [0, 0.1) is 0 Å². The summed E-state index contributed by atoms with van der Waals surface area (Å²) in [6, 6.07) is 4.07. The zero-order chi connectivity index (χ0) is 14.8. The monoisotopic (exact) mass is 299 g/mol. The van der Waals surface area contributed by atoms with Crippen molar-refractivity contribution in [3.8, 4) is 11.5 Å². The lowest BCUT2D eigenvalue weighted by atomic mass is 10.2. The summed E-state index contributed by atoms with van der Waals surface area (Å²) in [5.41, 5.74) is 1.23. The Morgan fingerprint density at radius 3 is 2.45 bits per heavy atom.